The molecule has 0 saturated heterocycles. The Kier molecular flexibility index (Phi) is 4.42. The van der Waals surface area contributed by atoms with Crippen LogP contribution in [-0.2, 0) is 18.3 Å². The van der Waals surface area contributed by atoms with Crippen molar-refractivity contribution in [3.05, 3.63) is 59.2 Å². The smallest absolute Gasteiger partial charge is 0.309 e. The van der Waals surface area contributed by atoms with Crippen LogP contribution in [0.3, 0.4) is 0 Å². The van der Waals surface area contributed by atoms with Gasteiger partial charge in [-0.25, -0.2) is 4.98 Å². The van der Waals surface area contributed by atoms with Gasteiger partial charge in [0, 0.05) is 25.9 Å². The lowest BCUT2D eigenvalue weighted by Crippen LogP contribution is -2.49. The maximum Gasteiger partial charge on any atom is 0.309 e. The van der Waals surface area contributed by atoms with Crippen LogP contribution in [0.4, 0.5) is 5.82 Å². The number of fused-ring (bicyclic) bond motifs is 3. The van der Waals surface area contributed by atoms with Crippen molar-refractivity contribution in [3.63, 3.8) is 0 Å². The molecule has 2 amide bonds. The molecule has 9 nitrogen and oxygen atoms in total. The van der Waals surface area contributed by atoms with Gasteiger partial charge in [-0.05, 0) is 18.4 Å². The summed E-state index contributed by atoms with van der Waals surface area (Å²) < 4.78 is 7.49. The number of likely N-dealkylation sites (N-methyl/N-ethyl adjacent to an activating group) is 1. The Labute approximate surface area is 179 Å². The number of anilines is 1. The van der Waals surface area contributed by atoms with E-state index in [4.69, 9.17) is 9.40 Å². The summed E-state index contributed by atoms with van der Waals surface area (Å²) >= 11 is 0. The molecule has 0 unspecified atom stereocenters. The molecule has 1 fully saturated rings. The lowest BCUT2D eigenvalue weighted by Gasteiger charge is -2.23. The van der Waals surface area contributed by atoms with Crippen molar-refractivity contribution in [2.75, 3.05) is 11.9 Å². The minimum atomic E-state index is -0.670. The largest absolute Gasteiger partial charge is 0.417 e. The topological polar surface area (TPSA) is 106 Å². The third-order valence-corrected chi connectivity index (χ3v) is 6.52. The van der Waals surface area contributed by atoms with Crippen LogP contribution in [-0.4, -0.2) is 44.7 Å². The summed E-state index contributed by atoms with van der Waals surface area (Å²) in [6.45, 7) is 4.02. The van der Waals surface area contributed by atoms with Crippen molar-refractivity contribution in [3.8, 4) is 0 Å². The van der Waals surface area contributed by atoms with Gasteiger partial charge in [0.15, 0.2) is 0 Å². The monoisotopic (exact) mass is 420 g/mol. The fourth-order valence-electron chi connectivity index (χ4n) is 4.71. The van der Waals surface area contributed by atoms with E-state index in [1.54, 1.807) is 11.9 Å². The van der Waals surface area contributed by atoms with Gasteiger partial charge >= 0.3 is 11.8 Å². The number of nitrogens with zero attached hydrogens (tertiary/aromatic N) is 5. The van der Waals surface area contributed by atoms with Gasteiger partial charge in [-0.2, -0.15) is 0 Å². The first-order valence-electron chi connectivity index (χ1n) is 10.3. The molecule has 160 valence electrons. The molecular weight excluding hydrogens is 396 g/mol. The lowest BCUT2D eigenvalue weighted by atomic mass is 10.1. The molecule has 9 heteroatoms. The Morgan fingerprint density at radius 3 is 2.68 bits per heavy atom. The molecular formula is C22H24N6O3. The van der Waals surface area contributed by atoms with E-state index in [2.05, 4.69) is 22.4 Å². The molecule has 0 radical (unpaired) electrons. The number of carbonyl (C=O) groups excluding carboxylic acids is 2. The third-order valence-electron chi connectivity index (χ3n) is 6.52. The molecule has 3 aromatic rings. The van der Waals surface area contributed by atoms with Gasteiger partial charge in [-0.3, -0.25) is 14.5 Å². The first-order valence-corrected chi connectivity index (χ1v) is 10.3. The van der Waals surface area contributed by atoms with E-state index in [9.17, 15) is 9.59 Å². The second-order valence-electron chi connectivity index (χ2n) is 8.40. The zero-order chi connectivity index (χ0) is 21.9. The van der Waals surface area contributed by atoms with Crippen LogP contribution >= 0.6 is 0 Å². The van der Waals surface area contributed by atoms with E-state index >= 15 is 0 Å². The van der Waals surface area contributed by atoms with Crippen molar-refractivity contribution in [2.24, 2.45) is 18.9 Å². The second kappa shape index (κ2) is 7.04. The van der Waals surface area contributed by atoms with Gasteiger partial charge in [0.2, 0.25) is 5.89 Å². The van der Waals surface area contributed by atoms with E-state index < -0.39 is 11.9 Å². The number of rotatable bonds is 4. The Hall–Kier alpha value is -3.49. The number of aromatic nitrogens is 4. The number of benzene rings is 1. The lowest BCUT2D eigenvalue weighted by molar-refractivity contribution is -0.120. The Bertz CT molecular complexity index is 1170. The average Bonchev–Trinajstić information content (AvgIpc) is 3.07. The summed E-state index contributed by atoms with van der Waals surface area (Å²) in [5, 5.41) is 10.7. The zero-order valence-corrected chi connectivity index (χ0v) is 17.9. The molecule has 0 bridgehead atoms. The number of nitrogens with one attached hydrogen (secondary N) is 1. The fourth-order valence-corrected chi connectivity index (χ4v) is 4.71. The van der Waals surface area contributed by atoms with E-state index in [0.29, 0.717) is 12.3 Å². The normalized spacial score (nSPS) is 24.4. The molecule has 2 aliphatic rings. The maximum atomic E-state index is 13.3. The molecule has 1 aliphatic heterocycles. The summed E-state index contributed by atoms with van der Waals surface area (Å²) in [5.74, 6) is 1.53. The van der Waals surface area contributed by atoms with Gasteiger partial charge in [0.05, 0.1) is 12.1 Å². The highest BCUT2D eigenvalue weighted by Crippen LogP contribution is 2.59. The van der Waals surface area contributed by atoms with Crippen molar-refractivity contribution in [1.82, 2.24) is 25.1 Å². The standard InChI is InChI=1S/C22H24N6O3/c1-11-15-16(11)18(22(30)28(4)21-17(15)23-12(2)27(21)3)24-19(29)20-26-25-14(31-20)10-13-8-6-5-7-9-13/h5-9,11,15-16,18H,10H2,1-4H3,(H,24,29)/t11-,15+,16+,18-/m0/s1. The molecule has 3 heterocycles. The predicted molar refractivity (Wildman–Crippen MR) is 112 cm³/mol. The van der Waals surface area contributed by atoms with Crippen molar-refractivity contribution < 1.29 is 14.0 Å². The predicted octanol–water partition coefficient (Wildman–Crippen LogP) is 1.83. The van der Waals surface area contributed by atoms with Crippen LogP contribution in [0.2, 0.25) is 0 Å². The molecule has 1 aliphatic carbocycles. The third kappa shape index (κ3) is 3.11. The maximum absolute atomic E-state index is 13.3. The zero-order valence-electron chi connectivity index (χ0n) is 17.9. The SMILES string of the molecule is Cc1nc2c(n1C)N(C)C(=O)[C@@H](NC(=O)c1nnc(Cc3ccccc3)o1)[C@@H]1[C@@H](C)[C@@H]21. The number of amides is 2. The average molecular weight is 420 g/mol. The van der Waals surface area contributed by atoms with Crippen LogP contribution in [0.5, 0.6) is 0 Å². The number of hydrogen-bond acceptors (Lipinski definition) is 6. The Balaban J connectivity index is 1.36. The Morgan fingerprint density at radius 2 is 1.94 bits per heavy atom. The number of hydrogen-bond donors (Lipinski definition) is 1. The molecule has 1 saturated carbocycles. The molecule has 1 aromatic carbocycles. The summed E-state index contributed by atoms with van der Waals surface area (Å²) in [5.41, 5.74) is 1.93. The van der Waals surface area contributed by atoms with Gasteiger partial charge in [0.25, 0.3) is 5.91 Å². The summed E-state index contributed by atoms with van der Waals surface area (Å²) in [7, 11) is 3.63. The number of carbonyl (C=O) groups is 2. The highest BCUT2D eigenvalue weighted by Gasteiger charge is 2.59. The van der Waals surface area contributed by atoms with E-state index in [-0.39, 0.29) is 29.6 Å². The summed E-state index contributed by atoms with van der Waals surface area (Å²) in [4.78, 5) is 32.4. The van der Waals surface area contributed by atoms with E-state index in [0.717, 1.165) is 22.9 Å². The highest BCUT2D eigenvalue weighted by atomic mass is 16.4. The van der Waals surface area contributed by atoms with Crippen LogP contribution in [0.1, 0.15) is 46.5 Å². The highest BCUT2D eigenvalue weighted by molar-refractivity contribution is 6.02. The molecule has 2 aromatic heterocycles. The second-order valence-corrected chi connectivity index (χ2v) is 8.40. The van der Waals surface area contributed by atoms with Crippen LogP contribution in [0, 0.1) is 18.8 Å². The van der Waals surface area contributed by atoms with Gasteiger partial charge in [-0.1, -0.05) is 37.3 Å². The van der Waals surface area contributed by atoms with E-state index in [1.165, 1.54) is 0 Å². The molecule has 0 spiro atoms. The molecule has 5 rings (SSSR count). The van der Waals surface area contributed by atoms with Gasteiger partial charge < -0.3 is 14.3 Å². The van der Waals surface area contributed by atoms with Crippen molar-refractivity contribution in [1.29, 1.82) is 0 Å². The number of imidazole rings is 1. The minimum absolute atomic E-state index is 0.0128. The molecule has 4 atom stereocenters. The fraction of sp³-hybridized carbons (Fsp3) is 0.409. The molecule has 31 heavy (non-hydrogen) atoms. The minimum Gasteiger partial charge on any atom is -0.417 e. The summed E-state index contributed by atoms with van der Waals surface area (Å²) in [6, 6.07) is 9.01. The molecule has 1 N–H and O–H groups in total. The van der Waals surface area contributed by atoms with Crippen LogP contribution in [0.25, 0.3) is 0 Å². The van der Waals surface area contributed by atoms with Crippen molar-refractivity contribution >= 4 is 17.6 Å². The first-order chi connectivity index (χ1) is 14.9. The van der Waals surface area contributed by atoms with Crippen LogP contribution in [0.15, 0.2) is 34.7 Å². The quantitative estimate of drug-likeness (QED) is 0.690. The van der Waals surface area contributed by atoms with Crippen LogP contribution < -0.4 is 10.2 Å². The van der Waals surface area contributed by atoms with Gasteiger partial charge in [-0.15, -0.1) is 10.2 Å². The first kappa shape index (κ1) is 19.5. The van der Waals surface area contributed by atoms with Crippen molar-refractivity contribution in [2.45, 2.75) is 32.2 Å². The number of aryl methyl sites for hydroxylation is 1. The summed E-state index contributed by atoms with van der Waals surface area (Å²) in [6.07, 6.45) is 0.439. The van der Waals surface area contributed by atoms with Gasteiger partial charge in [0.1, 0.15) is 17.7 Å². The van der Waals surface area contributed by atoms with E-state index in [1.807, 2.05) is 48.9 Å². The Morgan fingerprint density at radius 1 is 1.19 bits per heavy atom.